The third kappa shape index (κ3) is 7.90. The molecule has 0 radical (unpaired) electrons. The van der Waals surface area contributed by atoms with Crippen LogP contribution in [-0.4, -0.2) is 0 Å². The molecule has 1 heteroatoms. The fourth-order valence-electron chi connectivity index (χ4n) is 0.570. The molecule has 0 aromatic rings. The maximum atomic E-state index is 3.42. The van der Waals surface area contributed by atoms with Crippen molar-refractivity contribution in [1.82, 2.24) is 0 Å². The van der Waals surface area contributed by atoms with E-state index in [4.69, 9.17) is 0 Å². The van der Waals surface area contributed by atoms with Gasteiger partial charge in [-0.05, 0) is 40.3 Å². The summed E-state index contributed by atoms with van der Waals surface area (Å²) < 4.78 is 1.15. The Morgan fingerprint density at radius 2 is 2.00 bits per heavy atom. The molecule has 0 nitrogen and oxygen atoms in total. The molecule has 0 aliphatic carbocycles. The second-order valence-electron chi connectivity index (χ2n) is 3.87. The lowest BCUT2D eigenvalue weighted by Crippen LogP contribution is -2.01. The number of hydrogen-bond donors (Lipinski definition) is 0. The average molecular weight is 217 g/mol. The molecule has 0 saturated heterocycles. The molecular formula is C10H17Br. The van der Waals surface area contributed by atoms with Crippen molar-refractivity contribution >= 4 is 15.9 Å². The van der Waals surface area contributed by atoms with E-state index in [0.717, 1.165) is 17.3 Å². The van der Waals surface area contributed by atoms with Crippen molar-refractivity contribution in [2.24, 2.45) is 5.41 Å². The Morgan fingerprint density at radius 3 is 2.36 bits per heavy atom. The average Bonchev–Trinajstić information content (AvgIpc) is 1.85. The van der Waals surface area contributed by atoms with Crippen LogP contribution in [-0.2, 0) is 0 Å². The molecule has 0 rings (SSSR count). The Hall–Kier alpha value is -0.0000000000000000278. The first-order chi connectivity index (χ1) is 4.95. The van der Waals surface area contributed by atoms with Crippen LogP contribution < -0.4 is 0 Å². The van der Waals surface area contributed by atoms with Crippen molar-refractivity contribution in [3.63, 3.8) is 0 Å². The molecule has 0 heterocycles. The standard InChI is InChI=1S/C10H17Br/c1-5-9(11)7-6-8-10(2,3)4/h6H,5,8H2,1-4H3. The second kappa shape index (κ2) is 4.79. The minimum Gasteiger partial charge on any atom is -0.114 e. The highest BCUT2D eigenvalue weighted by Crippen LogP contribution is 2.18. The molecule has 0 aromatic heterocycles. The highest BCUT2D eigenvalue weighted by atomic mass is 79.9. The topological polar surface area (TPSA) is 0 Å². The summed E-state index contributed by atoms with van der Waals surface area (Å²) in [6.45, 7) is 8.79. The molecule has 0 aliphatic heterocycles. The molecule has 0 unspecified atom stereocenters. The first-order valence-corrected chi connectivity index (χ1v) is 4.84. The number of halogens is 1. The predicted molar refractivity (Wildman–Crippen MR) is 54.9 cm³/mol. The minimum absolute atomic E-state index is 0.383. The van der Waals surface area contributed by atoms with Gasteiger partial charge in [-0.3, -0.25) is 0 Å². The Bertz CT molecular complexity index is 166. The molecule has 0 bridgehead atoms. The lowest BCUT2D eigenvalue weighted by molar-refractivity contribution is 0.421. The van der Waals surface area contributed by atoms with E-state index < -0.39 is 0 Å². The maximum absolute atomic E-state index is 3.42. The summed E-state index contributed by atoms with van der Waals surface area (Å²) in [4.78, 5) is 0. The van der Waals surface area contributed by atoms with Crippen LogP contribution in [0.2, 0.25) is 0 Å². The van der Waals surface area contributed by atoms with Gasteiger partial charge in [0, 0.05) is 4.48 Å². The van der Waals surface area contributed by atoms with Crippen molar-refractivity contribution < 1.29 is 0 Å². The molecule has 0 aromatic carbocycles. The van der Waals surface area contributed by atoms with Gasteiger partial charge in [-0.15, -0.1) is 5.73 Å². The van der Waals surface area contributed by atoms with Gasteiger partial charge in [-0.25, -0.2) is 0 Å². The fourth-order valence-corrected chi connectivity index (χ4v) is 0.732. The van der Waals surface area contributed by atoms with Crippen LogP contribution in [0.1, 0.15) is 40.5 Å². The molecular weight excluding hydrogens is 200 g/mol. The quantitative estimate of drug-likeness (QED) is 0.606. The highest BCUT2D eigenvalue weighted by molar-refractivity contribution is 9.11. The highest BCUT2D eigenvalue weighted by Gasteiger charge is 2.05. The molecule has 0 atom stereocenters. The van der Waals surface area contributed by atoms with E-state index in [-0.39, 0.29) is 0 Å². The van der Waals surface area contributed by atoms with Crippen LogP contribution in [0.25, 0.3) is 0 Å². The van der Waals surface area contributed by atoms with Gasteiger partial charge >= 0.3 is 0 Å². The number of hydrogen-bond acceptors (Lipinski definition) is 0. The lowest BCUT2D eigenvalue weighted by Gasteiger charge is -2.13. The third-order valence-corrected chi connectivity index (χ3v) is 2.07. The third-order valence-electron chi connectivity index (χ3n) is 1.28. The summed E-state index contributed by atoms with van der Waals surface area (Å²) >= 11 is 3.42. The van der Waals surface area contributed by atoms with Crippen molar-refractivity contribution in [3.8, 4) is 0 Å². The largest absolute Gasteiger partial charge is 0.114 e. The molecule has 64 valence electrons. The second-order valence-corrected chi connectivity index (χ2v) is 4.83. The van der Waals surface area contributed by atoms with Crippen molar-refractivity contribution in [2.75, 3.05) is 0 Å². The van der Waals surface area contributed by atoms with Gasteiger partial charge in [-0.2, -0.15) is 0 Å². The number of allylic oxidation sites excluding steroid dienone is 1. The normalized spacial score (nSPS) is 10.6. The van der Waals surface area contributed by atoms with Crippen molar-refractivity contribution in [3.05, 3.63) is 16.3 Å². The Kier molecular flexibility index (Phi) is 4.79. The van der Waals surface area contributed by atoms with Crippen LogP contribution in [0.15, 0.2) is 16.3 Å². The van der Waals surface area contributed by atoms with Crippen molar-refractivity contribution in [1.29, 1.82) is 0 Å². The molecule has 11 heavy (non-hydrogen) atoms. The van der Waals surface area contributed by atoms with E-state index in [2.05, 4.69) is 55.4 Å². The summed E-state index contributed by atoms with van der Waals surface area (Å²) in [5.74, 6) is 0. The first-order valence-electron chi connectivity index (χ1n) is 4.05. The van der Waals surface area contributed by atoms with E-state index in [0.29, 0.717) is 5.41 Å². The van der Waals surface area contributed by atoms with E-state index >= 15 is 0 Å². The predicted octanol–water partition coefficient (Wildman–Crippen LogP) is 4.27. The van der Waals surface area contributed by atoms with Crippen LogP contribution in [0.3, 0.4) is 0 Å². The zero-order valence-electron chi connectivity index (χ0n) is 7.87. The Balaban J connectivity index is 3.96. The lowest BCUT2D eigenvalue weighted by atomic mass is 9.92. The summed E-state index contributed by atoms with van der Waals surface area (Å²) in [5, 5.41) is 0. The van der Waals surface area contributed by atoms with Gasteiger partial charge in [0.25, 0.3) is 0 Å². The van der Waals surface area contributed by atoms with E-state index in [1.807, 2.05) is 0 Å². The molecule has 0 aliphatic rings. The zero-order chi connectivity index (χ0) is 8.91. The monoisotopic (exact) mass is 216 g/mol. The summed E-state index contributed by atoms with van der Waals surface area (Å²) in [7, 11) is 0. The minimum atomic E-state index is 0.383. The van der Waals surface area contributed by atoms with Gasteiger partial charge < -0.3 is 0 Å². The van der Waals surface area contributed by atoms with E-state index in [9.17, 15) is 0 Å². The smallest absolute Gasteiger partial charge is 0.0362 e. The van der Waals surface area contributed by atoms with Crippen molar-refractivity contribution in [2.45, 2.75) is 40.5 Å². The van der Waals surface area contributed by atoms with Gasteiger partial charge in [0.05, 0.1) is 0 Å². The molecule has 0 spiro atoms. The first kappa shape index (κ1) is 11.0. The Morgan fingerprint density at radius 1 is 1.45 bits per heavy atom. The summed E-state index contributed by atoms with van der Waals surface area (Å²) in [6.07, 6.45) is 4.22. The summed E-state index contributed by atoms with van der Waals surface area (Å²) in [6, 6.07) is 0. The van der Waals surface area contributed by atoms with Crippen LogP contribution in [0.4, 0.5) is 0 Å². The van der Waals surface area contributed by atoms with Gasteiger partial charge in [-0.1, -0.05) is 27.7 Å². The summed E-state index contributed by atoms with van der Waals surface area (Å²) in [5.41, 5.74) is 3.58. The van der Waals surface area contributed by atoms with E-state index in [1.54, 1.807) is 0 Å². The van der Waals surface area contributed by atoms with Crippen LogP contribution in [0, 0.1) is 5.41 Å². The molecule has 0 fully saturated rings. The molecule has 0 N–H and O–H groups in total. The fraction of sp³-hybridized carbons (Fsp3) is 0.700. The van der Waals surface area contributed by atoms with Crippen LogP contribution in [0.5, 0.6) is 0 Å². The molecule has 0 amide bonds. The zero-order valence-corrected chi connectivity index (χ0v) is 9.46. The van der Waals surface area contributed by atoms with Gasteiger partial charge in [0.2, 0.25) is 0 Å². The van der Waals surface area contributed by atoms with E-state index in [1.165, 1.54) is 0 Å². The number of rotatable bonds is 2. The van der Waals surface area contributed by atoms with Gasteiger partial charge in [0.15, 0.2) is 0 Å². The van der Waals surface area contributed by atoms with Crippen LogP contribution >= 0.6 is 15.9 Å². The maximum Gasteiger partial charge on any atom is 0.0362 e. The Labute approximate surface area is 78.5 Å². The SMILES string of the molecule is CCC(Br)=C=CCC(C)(C)C. The van der Waals surface area contributed by atoms with Gasteiger partial charge in [0.1, 0.15) is 0 Å². The molecule has 0 saturated carbocycles.